The summed E-state index contributed by atoms with van der Waals surface area (Å²) in [5.41, 5.74) is 1.48. The fourth-order valence-electron chi connectivity index (χ4n) is 9.72. The summed E-state index contributed by atoms with van der Waals surface area (Å²) in [4.78, 5) is 0. The van der Waals surface area contributed by atoms with Crippen molar-refractivity contribution in [2.45, 2.75) is 103 Å². The van der Waals surface area contributed by atoms with Crippen molar-refractivity contribution in [3.8, 4) is 0 Å². The molecule has 174 valence electrons. The summed E-state index contributed by atoms with van der Waals surface area (Å²) in [5, 5.41) is 21.4. The molecular formula is C27H42O4. The SMILES string of the molecule is C[C@H]1CCC2(OC1)OC1CC3C4CC=C5CC(O)CC(O)[C@]5(C)C4CC[C@]3(C)C1[C@H]2C. The molecule has 0 amide bonds. The Bertz CT molecular complexity index is 769. The zero-order chi connectivity index (χ0) is 21.8. The molecule has 6 rings (SSSR count). The number of rotatable bonds is 0. The highest BCUT2D eigenvalue weighted by Gasteiger charge is 2.69. The van der Waals surface area contributed by atoms with Crippen molar-refractivity contribution in [3.05, 3.63) is 11.6 Å². The lowest BCUT2D eigenvalue weighted by atomic mass is 9.46. The van der Waals surface area contributed by atoms with Crippen LogP contribution in [0.4, 0.5) is 0 Å². The summed E-state index contributed by atoms with van der Waals surface area (Å²) in [6, 6.07) is 0. The predicted molar refractivity (Wildman–Crippen MR) is 119 cm³/mol. The van der Waals surface area contributed by atoms with E-state index in [1.165, 1.54) is 24.8 Å². The van der Waals surface area contributed by atoms with E-state index in [0.29, 0.717) is 53.4 Å². The van der Waals surface area contributed by atoms with Gasteiger partial charge in [-0.2, -0.15) is 0 Å². The Balaban J connectivity index is 1.29. The van der Waals surface area contributed by atoms with Gasteiger partial charge in [-0.05, 0) is 73.5 Å². The molecule has 2 aliphatic heterocycles. The van der Waals surface area contributed by atoms with Gasteiger partial charge in [0.05, 0.1) is 24.9 Å². The molecule has 4 aliphatic carbocycles. The van der Waals surface area contributed by atoms with Crippen LogP contribution in [0.5, 0.6) is 0 Å². The minimum Gasteiger partial charge on any atom is -0.393 e. The Morgan fingerprint density at radius 1 is 1.03 bits per heavy atom. The van der Waals surface area contributed by atoms with Crippen molar-refractivity contribution in [2.24, 2.45) is 46.3 Å². The number of ether oxygens (including phenoxy) is 2. The molecule has 5 fully saturated rings. The monoisotopic (exact) mass is 430 g/mol. The van der Waals surface area contributed by atoms with Crippen LogP contribution >= 0.6 is 0 Å². The lowest BCUT2D eigenvalue weighted by Crippen LogP contribution is -2.56. The molecule has 3 saturated carbocycles. The van der Waals surface area contributed by atoms with Gasteiger partial charge in [-0.25, -0.2) is 0 Å². The van der Waals surface area contributed by atoms with Crippen LogP contribution in [0.1, 0.15) is 79.1 Å². The lowest BCUT2D eigenvalue weighted by Gasteiger charge is -2.59. The third kappa shape index (κ3) is 2.68. The second-order valence-electron chi connectivity index (χ2n) is 12.8. The van der Waals surface area contributed by atoms with E-state index >= 15 is 0 Å². The van der Waals surface area contributed by atoms with E-state index in [2.05, 4.69) is 33.8 Å². The van der Waals surface area contributed by atoms with Crippen LogP contribution in [0, 0.1) is 46.3 Å². The molecule has 2 N–H and O–H groups in total. The number of fused-ring (bicyclic) bond motifs is 7. The van der Waals surface area contributed by atoms with E-state index in [0.717, 1.165) is 32.3 Å². The van der Waals surface area contributed by atoms with Crippen molar-refractivity contribution in [1.82, 2.24) is 0 Å². The molecule has 8 unspecified atom stereocenters. The van der Waals surface area contributed by atoms with Gasteiger partial charge in [0.2, 0.25) is 0 Å². The quantitative estimate of drug-likeness (QED) is 0.548. The van der Waals surface area contributed by atoms with Crippen LogP contribution in [-0.4, -0.2) is 40.9 Å². The summed E-state index contributed by atoms with van der Waals surface area (Å²) >= 11 is 0. The van der Waals surface area contributed by atoms with Crippen molar-refractivity contribution < 1.29 is 19.7 Å². The molecule has 2 heterocycles. The first-order chi connectivity index (χ1) is 14.7. The number of aliphatic hydroxyl groups is 2. The molecule has 6 aliphatic rings. The smallest absolute Gasteiger partial charge is 0.171 e. The topological polar surface area (TPSA) is 58.9 Å². The number of allylic oxidation sites excluding steroid dienone is 1. The van der Waals surface area contributed by atoms with E-state index in [1.807, 2.05) is 0 Å². The van der Waals surface area contributed by atoms with Gasteiger partial charge in [0.1, 0.15) is 0 Å². The zero-order valence-corrected chi connectivity index (χ0v) is 19.8. The van der Waals surface area contributed by atoms with Crippen LogP contribution in [0.25, 0.3) is 0 Å². The minimum absolute atomic E-state index is 0.155. The maximum absolute atomic E-state index is 11.1. The summed E-state index contributed by atoms with van der Waals surface area (Å²) in [6.07, 6.45) is 10.2. The third-order valence-corrected chi connectivity index (χ3v) is 11.4. The average molecular weight is 431 g/mol. The van der Waals surface area contributed by atoms with E-state index < -0.39 is 6.10 Å². The molecule has 12 atom stereocenters. The molecule has 2 saturated heterocycles. The van der Waals surface area contributed by atoms with Gasteiger partial charge in [0.25, 0.3) is 0 Å². The van der Waals surface area contributed by atoms with E-state index in [-0.39, 0.29) is 17.3 Å². The van der Waals surface area contributed by atoms with Crippen molar-refractivity contribution in [3.63, 3.8) is 0 Å². The molecule has 0 aromatic carbocycles. The van der Waals surface area contributed by atoms with Crippen LogP contribution in [0.3, 0.4) is 0 Å². The highest BCUT2D eigenvalue weighted by molar-refractivity contribution is 5.28. The Morgan fingerprint density at radius 2 is 1.84 bits per heavy atom. The van der Waals surface area contributed by atoms with E-state index in [1.54, 1.807) is 0 Å². The van der Waals surface area contributed by atoms with Gasteiger partial charge >= 0.3 is 0 Å². The van der Waals surface area contributed by atoms with Gasteiger partial charge in [-0.1, -0.05) is 39.3 Å². The second kappa shape index (κ2) is 6.81. The molecule has 1 spiro atoms. The minimum atomic E-state index is -0.420. The number of aliphatic hydroxyl groups excluding tert-OH is 2. The van der Waals surface area contributed by atoms with Crippen LogP contribution in [0.2, 0.25) is 0 Å². The molecule has 0 aromatic rings. The molecule has 0 radical (unpaired) electrons. The first-order valence-corrected chi connectivity index (χ1v) is 13.1. The first kappa shape index (κ1) is 21.1. The van der Waals surface area contributed by atoms with Crippen molar-refractivity contribution in [1.29, 1.82) is 0 Å². The predicted octanol–water partition coefficient (Wildman–Crippen LogP) is 4.68. The number of hydrogen-bond donors (Lipinski definition) is 2. The Kier molecular flexibility index (Phi) is 4.64. The molecule has 4 nitrogen and oxygen atoms in total. The largest absolute Gasteiger partial charge is 0.393 e. The standard InChI is InChI=1S/C27H42O4/c1-15-7-10-27(30-14-15)16(2)24-22(31-27)13-21-19-6-5-17-11-18(28)12-23(29)26(17,4)20(19)8-9-25(21,24)3/h5,15-16,18-24,28-29H,6-14H2,1-4H3/t15-,16+,18?,19?,20?,21?,22?,23?,24?,25-,26-,27?/m0/s1. The zero-order valence-electron chi connectivity index (χ0n) is 19.8. The Hall–Kier alpha value is -0.420. The number of hydrogen-bond acceptors (Lipinski definition) is 4. The fourth-order valence-corrected chi connectivity index (χ4v) is 9.72. The van der Waals surface area contributed by atoms with Gasteiger partial charge in [0, 0.05) is 24.2 Å². The Morgan fingerprint density at radius 3 is 2.58 bits per heavy atom. The van der Waals surface area contributed by atoms with Gasteiger partial charge < -0.3 is 19.7 Å². The molecule has 4 heteroatoms. The van der Waals surface area contributed by atoms with E-state index in [4.69, 9.17) is 9.47 Å². The third-order valence-electron chi connectivity index (χ3n) is 11.4. The second-order valence-corrected chi connectivity index (χ2v) is 12.8. The van der Waals surface area contributed by atoms with Crippen molar-refractivity contribution in [2.75, 3.05) is 6.61 Å². The Labute approximate surface area is 187 Å². The lowest BCUT2D eigenvalue weighted by molar-refractivity contribution is -0.272. The summed E-state index contributed by atoms with van der Waals surface area (Å²) in [6.45, 7) is 10.4. The van der Waals surface area contributed by atoms with Crippen LogP contribution in [-0.2, 0) is 9.47 Å². The highest BCUT2D eigenvalue weighted by Crippen LogP contribution is 2.70. The molecule has 0 bridgehead atoms. The summed E-state index contributed by atoms with van der Waals surface area (Å²) < 4.78 is 13.3. The van der Waals surface area contributed by atoms with Gasteiger partial charge in [0.15, 0.2) is 5.79 Å². The highest BCUT2D eigenvalue weighted by atomic mass is 16.7. The molecular weight excluding hydrogens is 388 g/mol. The summed E-state index contributed by atoms with van der Waals surface area (Å²) in [7, 11) is 0. The van der Waals surface area contributed by atoms with Crippen LogP contribution in [0.15, 0.2) is 11.6 Å². The summed E-state index contributed by atoms with van der Waals surface area (Å²) in [5.74, 6) is 3.17. The maximum Gasteiger partial charge on any atom is 0.171 e. The van der Waals surface area contributed by atoms with E-state index in [9.17, 15) is 10.2 Å². The first-order valence-electron chi connectivity index (χ1n) is 13.1. The molecule has 31 heavy (non-hydrogen) atoms. The molecule has 0 aromatic heterocycles. The normalized spacial score (nSPS) is 60.7. The maximum atomic E-state index is 11.1. The average Bonchev–Trinajstić information content (AvgIpc) is 3.16. The fraction of sp³-hybridized carbons (Fsp3) is 0.926. The van der Waals surface area contributed by atoms with Gasteiger partial charge in [-0.3, -0.25) is 0 Å². The van der Waals surface area contributed by atoms with Crippen LogP contribution < -0.4 is 0 Å². The van der Waals surface area contributed by atoms with Gasteiger partial charge in [-0.15, -0.1) is 0 Å². The van der Waals surface area contributed by atoms with Crippen molar-refractivity contribution >= 4 is 0 Å².